The first-order chi connectivity index (χ1) is 11.7. The topological polar surface area (TPSA) is 37.4 Å². The highest BCUT2D eigenvalue weighted by atomic mass is 19.1. The molecular weight excluding hydrogens is 305 g/mol. The van der Waals surface area contributed by atoms with E-state index in [9.17, 15) is 4.39 Å². The van der Waals surface area contributed by atoms with Crippen LogP contribution in [0.5, 0.6) is 5.75 Å². The Bertz CT molecular complexity index is 675. The molecule has 1 aliphatic rings. The standard InChI is InChI=1S/C19H24FN3O/c1-3-23(2)18-10-9-14(13-22-18)12-21-17-8-5-11-24-19-15(17)6-4-7-16(19)20/h4,6-7,9-10,13,17,21H,3,5,8,11-12H2,1-2H3. The molecule has 0 saturated carbocycles. The van der Waals surface area contributed by atoms with Crippen molar-refractivity contribution in [3.8, 4) is 5.75 Å². The fourth-order valence-corrected chi connectivity index (χ4v) is 2.93. The largest absolute Gasteiger partial charge is 0.490 e. The van der Waals surface area contributed by atoms with Gasteiger partial charge in [-0.15, -0.1) is 0 Å². The van der Waals surface area contributed by atoms with Gasteiger partial charge in [0.25, 0.3) is 0 Å². The molecule has 1 unspecified atom stereocenters. The molecule has 0 spiro atoms. The minimum Gasteiger partial charge on any atom is -0.490 e. The van der Waals surface area contributed by atoms with E-state index >= 15 is 0 Å². The molecule has 0 fully saturated rings. The average molecular weight is 329 g/mol. The number of halogens is 1. The molecule has 1 atom stereocenters. The van der Waals surface area contributed by atoms with Crippen LogP contribution < -0.4 is 15.0 Å². The molecule has 128 valence electrons. The molecule has 1 N–H and O–H groups in total. The maximum Gasteiger partial charge on any atom is 0.165 e. The number of nitrogens with zero attached hydrogens (tertiary/aromatic N) is 2. The Balaban J connectivity index is 1.69. The quantitative estimate of drug-likeness (QED) is 0.908. The molecule has 1 aliphatic heterocycles. The third kappa shape index (κ3) is 3.67. The van der Waals surface area contributed by atoms with Gasteiger partial charge in [-0.25, -0.2) is 9.37 Å². The summed E-state index contributed by atoms with van der Waals surface area (Å²) in [5, 5.41) is 3.52. The van der Waals surface area contributed by atoms with Crippen molar-refractivity contribution in [2.24, 2.45) is 0 Å². The number of anilines is 1. The summed E-state index contributed by atoms with van der Waals surface area (Å²) in [5.41, 5.74) is 2.02. The van der Waals surface area contributed by atoms with E-state index in [0.717, 1.165) is 36.3 Å². The van der Waals surface area contributed by atoms with Crippen molar-refractivity contribution in [1.29, 1.82) is 0 Å². The van der Waals surface area contributed by atoms with Crippen LogP contribution in [0.4, 0.5) is 10.2 Å². The lowest BCUT2D eigenvalue weighted by atomic mass is 10.0. The molecule has 3 rings (SSSR count). The molecule has 2 aromatic rings. The zero-order chi connectivity index (χ0) is 16.9. The van der Waals surface area contributed by atoms with Crippen LogP contribution in [-0.2, 0) is 6.54 Å². The molecule has 4 nitrogen and oxygen atoms in total. The third-order valence-electron chi connectivity index (χ3n) is 4.48. The number of hydrogen-bond acceptors (Lipinski definition) is 4. The summed E-state index contributed by atoms with van der Waals surface area (Å²) in [5.74, 6) is 1.08. The van der Waals surface area contributed by atoms with Crippen LogP contribution in [0.3, 0.4) is 0 Å². The maximum absolute atomic E-state index is 14.0. The first-order valence-electron chi connectivity index (χ1n) is 8.49. The van der Waals surface area contributed by atoms with E-state index in [4.69, 9.17) is 4.74 Å². The van der Waals surface area contributed by atoms with Gasteiger partial charge in [-0.05, 0) is 37.5 Å². The normalized spacial score (nSPS) is 16.9. The van der Waals surface area contributed by atoms with E-state index in [0.29, 0.717) is 18.9 Å². The Hall–Kier alpha value is -2.14. The predicted octanol–water partition coefficient (Wildman–Crippen LogP) is 3.68. The van der Waals surface area contributed by atoms with Gasteiger partial charge >= 0.3 is 0 Å². The summed E-state index contributed by atoms with van der Waals surface area (Å²) < 4.78 is 19.6. The summed E-state index contributed by atoms with van der Waals surface area (Å²) in [4.78, 5) is 6.59. The number of nitrogens with one attached hydrogen (secondary N) is 1. The summed E-state index contributed by atoms with van der Waals surface area (Å²) >= 11 is 0. The molecule has 0 radical (unpaired) electrons. The molecule has 0 bridgehead atoms. The van der Waals surface area contributed by atoms with Crippen molar-refractivity contribution in [2.45, 2.75) is 32.4 Å². The lowest BCUT2D eigenvalue weighted by molar-refractivity contribution is 0.300. The smallest absolute Gasteiger partial charge is 0.165 e. The van der Waals surface area contributed by atoms with Crippen molar-refractivity contribution >= 4 is 5.82 Å². The van der Waals surface area contributed by atoms with Crippen molar-refractivity contribution in [3.63, 3.8) is 0 Å². The van der Waals surface area contributed by atoms with Gasteiger partial charge in [0.2, 0.25) is 0 Å². The monoisotopic (exact) mass is 329 g/mol. The number of hydrogen-bond donors (Lipinski definition) is 1. The van der Waals surface area contributed by atoms with Gasteiger partial charge in [0.05, 0.1) is 6.61 Å². The highest BCUT2D eigenvalue weighted by Gasteiger charge is 2.21. The first kappa shape index (κ1) is 16.7. The maximum atomic E-state index is 14.0. The van der Waals surface area contributed by atoms with Gasteiger partial charge in [0, 0.05) is 37.9 Å². The second-order valence-electron chi connectivity index (χ2n) is 6.12. The molecule has 2 heterocycles. The second kappa shape index (κ2) is 7.62. The SMILES string of the molecule is CCN(C)c1ccc(CNC2CCCOc3c(F)cccc32)cn1. The lowest BCUT2D eigenvalue weighted by Gasteiger charge is -2.19. The fraction of sp³-hybridized carbons (Fsp3) is 0.421. The van der Waals surface area contributed by atoms with Gasteiger partial charge in [-0.3, -0.25) is 0 Å². The van der Waals surface area contributed by atoms with Crippen LogP contribution >= 0.6 is 0 Å². The zero-order valence-electron chi connectivity index (χ0n) is 14.3. The molecule has 1 aromatic carbocycles. The number of fused-ring (bicyclic) bond motifs is 1. The first-order valence-corrected chi connectivity index (χ1v) is 8.49. The molecule has 0 amide bonds. The van der Waals surface area contributed by atoms with E-state index in [1.165, 1.54) is 6.07 Å². The number of rotatable bonds is 5. The number of aromatic nitrogens is 1. The molecule has 0 aliphatic carbocycles. The number of benzene rings is 1. The van der Waals surface area contributed by atoms with Crippen LogP contribution in [0.2, 0.25) is 0 Å². The molecule has 1 aromatic heterocycles. The highest BCUT2D eigenvalue weighted by Crippen LogP contribution is 2.33. The summed E-state index contributed by atoms with van der Waals surface area (Å²) in [6, 6.07) is 9.35. The van der Waals surface area contributed by atoms with Gasteiger partial charge in [0.1, 0.15) is 5.82 Å². The fourth-order valence-electron chi connectivity index (χ4n) is 2.93. The van der Waals surface area contributed by atoms with E-state index < -0.39 is 0 Å². The minimum atomic E-state index is -0.283. The Morgan fingerprint density at radius 3 is 2.96 bits per heavy atom. The number of ether oxygens (including phenoxy) is 1. The molecule has 24 heavy (non-hydrogen) atoms. The van der Waals surface area contributed by atoms with Crippen molar-refractivity contribution in [2.75, 3.05) is 25.1 Å². The molecule has 0 saturated heterocycles. The van der Waals surface area contributed by atoms with Crippen LogP contribution in [0.1, 0.15) is 36.9 Å². The Morgan fingerprint density at radius 2 is 2.21 bits per heavy atom. The van der Waals surface area contributed by atoms with Gasteiger partial charge in [-0.2, -0.15) is 0 Å². The van der Waals surface area contributed by atoms with Crippen molar-refractivity contribution in [3.05, 3.63) is 53.5 Å². The van der Waals surface area contributed by atoms with E-state index in [2.05, 4.69) is 28.2 Å². The number of para-hydroxylation sites is 1. The second-order valence-corrected chi connectivity index (χ2v) is 6.12. The highest BCUT2D eigenvalue weighted by molar-refractivity contribution is 5.39. The zero-order valence-corrected chi connectivity index (χ0v) is 14.3. The summed E-state index contributed by atoms with van der Waals surface area (Å²) in [7, 11) is 2.03. The van der Waals surface area contributed by atoms with Gasteiger partial charge in [0.15, 0.2) is 11.6 Å². The van der Waals surface area contributed by atoms with Crippen molar-refractivity contribution < 1.29 is 9.13 Å². The Kier molecular flexibility index (Phi) is 5.30. The molecular formula is C19H24FN3O. The Labute approximate surface area is 142 Å². The average Bonchev–Trinajstić information content (AvgIpc) is 2.83. The van der Waals surface area contributed by atoms with Gasteiger partial charge < -0.3 is 15.0 Å². The minimum absolute atomic E-state index is 0.0937. The van der Waals surface area contributed by atoms with Crippen molar-refractivity contribution in [1.82, 2.24) is 10.3 Å². The summed E-state index contributed by atoms with van der Waals surface area (Å²) in [6.07, 6.45) is 3.74. The van der Waals surface area contributed by atoms with Crippen LogP contribution in [0.15, 0.2) is 36.5 Å². The Morgan fingerprint density at radius 1 is 1.33 bits per heavy atom. The van der Waals surface area contributed by atoms with E-state index in [-0.39, 0.29) is 11.9 Å². The summed E-state index contributed by atoms with van der Waals surface area (Å²) in [6.45, 7) is 4.28. The van der Waals surface area contributed by atoms with E-state index in [1.807, 2.05) is 25.4 Å². The predicted molar refractivity (Wildman–Crippen MR) is 93.9 cm³/mol. The third-order valence-corrected chi connectivity index (χ3v) is 4.48. The van der Waals surface area contributed by atoms with Crippen LogP contribution in [-0.4, -0.2) is 25.2 Å². The lowest BCUT2D eigenvalue weighted by Crippen LogP contribution is -2.21. The molecule has 5 heteroatoms. The number of pyridine rings is 1. The van der Waals surface area contributed by atoms with E-state index in [1.54, 1.807) is 6.07 Å². The van der Waals surface area contributed by atoms with Gasteiger partial charge in [-0.1, -0.05) is 18.2 Å². The van der Waals surface area contributed by atoms with Crippen LogP contribution in [0, 0.1) is 5.82 Å². The van der Waals surface area contributed by atoms with Crippen LogP contribution in [0.25, 0.3) is 0 Å².